The fourth-order valence-corrected chi connectivity index (χ4v) is 3.60. The molecule has 1 aliphatic rings. The van der Waals surface area contributed by atoms with Gasteiger partial charge in [-0.2, -0.15) is 0 Å². The van der Waals surface area contributed by atoms with E-state index in [0.29, 0.717) is 16.7 Å². The third kappa shape index (κ3) is 3.32. The van der Waals surface area contributed by atoms with Gasteiger partial charge in [0.1, 0.15) is 0 Å². The van der Waals surface area contributed by atoms with Crippen molar-refractivity contribution in [2.75, 3.05) is 6.54 Å². The molecule has 2 aromatic carbocycles. The number of carbonyl (C=O) groups is 4. The van der Waals surface area contributed by atoms with E-state index in [1.54, 1.807) is 24.4 Å². The molecule has 0 bridgehead atoms. The summed E-state index contributed by atoms with van der Waals surface area (Å²) in [6.45, 7) is 1.77. The summed E-state index contributed by atoms with van der Waals surface area (Å²) in [6.07, 6.45) is 1.56. The number of nitrogens with zero attached hydrogens (tertiary/aromatic N) is 2. The largest absolute Gasteiger partial charge is 0.350 e. The Hall–Kier alpha value is -3.94. The first-order valence-electron chi connectivity index (χ1n) is 9.47. The van der Waals surface area contributed by atoms with E-state index in [1.165, 1.54) is 0 Å². The summed E-state index contributed by atoms with van der Waals surface area (Å²) in [5.74, 6) is -1.78. The van der Waals surface area contributed by atoms with Gasteiger partial charge >= 0.3 is 0 Å². The van der Waals surface area contributed by atoms with Crippen LogP contribution in [0.1, 0.15) is 43.1 Å². The van der Waals surface area contributed by atoms with Crippen molar-refractivity contribution in [3.05, 3.63) is 70.9 Å². The number of aryl methyl sites for hydroxylation is 2. The monoisotopic (exact) mass is 404 g/mol. The normalized spacial score (nSPS) is 12.9. The molecule has 0 aliphatic carbocycles. The minimum Gasteiger partial charge on any atom is -0.350 e. The van der Waals surface area contributed by atoms with Gasteiger partial charge in [0, 0.05) is 37.1 Å². The van der Waals surface area contributed by atoms with Crippen LogP contribution in [0.3, 0.4) is 0 Å². The van der Waals surface area contributed by atoms with Crippen LogP contribution < -0.4 is 10.9 Å². The highest BCUT2D eigenvalue weighted by Crippen LogP contribution is 2.24. The van der Waals surface area contributed by atoms with Gasteiger partial charge in [0.25, 0.3) is 17.7 Å². The summed E-state index contributed by atoms with van der Waals surface area (Å²) in [5, 5.41) is 0.771. The van der Waals surface area contributed by atoms with Gasteiger partial charge in [-0.25, -0.2) is 0 Å². The Morgan fingerprint density at radius 1 is 0.967 bits per heavy atom. The zero-order valence-corrected chi connectivity index (χ0v) is 16.6. The summed E-state index contributed by atoms with van der Waals surface area (Å²) in [7, 11) is 1.83. The molecule has 0 radical (unpaired) electrons. The number of imide groups is 1. The number of aromatic nitrogens is 1. The smallest absolute Gasteiger partial charge is 0.271 e. The molecule has 0 atom stereocenters. The lowest BCUT2D eigenvalue weighted by molar-refractivity contribution is -0.121. The minimum atomic E-state index is -0.503. The number of hydrogen-bond acceptors (Lipinski definition) is 4. The van der Waals surface area contributed by atoms with Crippen LogP contribution in [0.15, 0.2) is 48.7 Å². The number of para-hydroxylation sites is 1. The molecule has 0 saturated carbocycles. The van der Waals surface area contributed by atoms with Crippen LogP contribution >= 0.6 is 0 Å². The molecule has 2 heterocycles. The van der Waals surface area contributed by atoms with Crippen molar-refractivity contribution in [2.24, 2.45) is 7.05 Å². The topological polar surface area (TPSA) is 101 Å². The number of carbonyl (C=O) groups excluding carboxylic acids is 4. The highest BCUT2D eigenvalue weighted by atomic mass is 16.2. The Kier molecular flexibility index (Phi) is 4.83. The highest BCUT2D eigenvalue weighted by Gasteiger charge is 2.35. The van der Waals surface area contributed by atoms with E-state index in [1.807, 2.05) is 42.8 Å². The van der Waals surface area contributed by atoms with Crippen LogP contribution in [0.2, 0.25) is 0 Å². The molecule has 30 heavy (non-hydrogen) atoms. The molecular formula is C22H20N4O4. The molecule has 0 unspecified atom stereocenters. The first-order chi connectivity index (χ1) is 14.4. The maximum atomic E-state index is 12.5. The van der Waals surface area contributed by atoms with Crippen LogP contribution in [-0.4, -0.2) is 39.6 Å². The first kappa shape index (κ1) is 19.4. The maximum Gasteiger partial charge on any atom is 0.271 e. The van der Waals surface area contributed by atoms with E-state index < -0.39 is 23.6 Å². The van der Waals surface area contributed by atoms with Crippen LogP contribution in [-0.2, 0) is 11.8 Å². The van der Waals surface area contributed by atoms with E-state index in [9.17, 15) is 19.2 Å². The predicted molar refractivity (Wildman–Crippen MR) is 110 cm³/mol. The van der Waals surface area contributed by atoms with Gasteiger partial charge in [0.05, 0.1) is 16.7 Å². The van der Waals surface area contributed by atoms with Gasteiger partial charge in [0.2, 0.25) is 5.91 Å². The molecule has 4 rings (SSSR count). The second-order valence-corrected chi connectivity index (χ2v) is 7.23. The average Bonchev–Trinajstić information content (AvgIpc) is 3.19. The number of hydrazine groups is 1. The summed E-state index contributed by atoms with van der Waals surface area (Å²) in [5.41, 5.74) is 7.64. The van der Waals surface area contributed by atoms with Crippen molar-refractivity contribution < 1.29 is 19.2 Å². The Balaban J connectivity index is 1.35. The van der Waals surface area contributed by atoms with Crippen LogP contribution in [0, 0.1) is 6.92 Å². The Morgan fingerprint density at radius 2 is 1.70 bits per heavy atom. The lowest BCUT2D eigenvalue weighted by Crippen LogP contribution is -2.43. The average molecular weight is 404 g/mol. The summed E-state index contributed by atoms with van der Waals surface area (Å²) >= 11 is 0. The molecule has 152 valence electrons. The number of hydrogen-bond donors (Lipinski definition) is 2. The van der Waals surface area contributed by atoms with E-state index in [2.05, 4.69) is 10.9 Å². The van der Waals surface area contributed by atoms with Crippen molar-refractivity contribution in [2.45, 2.75) is 13.3 Å². The van der Waals surface area contributed by atoms with Gasteiger partial charge in [-0.1, -0.05) is 29.8 Å². The van der Waals surface area contributed by atoms with E-state index in [-0.39, 0.29) is 13.0 Å². The van der Waals surface area contributed by atoms with Crippen molar-refractivity contribution in [1.82, 2.24) is 20.3 Å². The number of benzene rings is 2. The molecule has 0 fully saturated rings. The molecule has 0 spiro atoms. The van der Waals surface area contributed by atoms with E-state index >= 15 is 0 Å². The highest BCUT2D eigenvalue weighted by molar-refractivity contribution is 6.21. The SMILES string of the molecule is Cc1ccc2c(c1)C(=O)N(CCC(=O)NNC(=O)c1cn(C)c3ccccc13)C2=O. The lowest BCUT2D eigenvalue weighted by atomic mass is 10.1. The zero-order valence-electron chi connectivity index (χ0n) is 16.6. The molecule has 2 N–H and O–H groups in total. The lowest BCUT2D eigenvalue weighted by Gasteiger charge is -2.13. The Bertz CT molecular complexity index is 1210. The molecule has 0 saturated heterocycles. The second kappa shape index (κ2) is 7.47. The molecule has 1 aliphatic heterocycles. The van der Waals surface area contributed by atoms with Gasteiger partial charge in [-0.3, -0.25) is 34.9 Å². The molecule has 1 aromatic heterocycles. The fourth-order valence-electron chi connectivity index (χ4n) is 3.60. The maximum absolute atomic E-state index is 12.5. The standard InChI is InChI=1S/C22H20N4O4/c1-13-7-8-15-16(11-13)22(30)26(21(15)29)10-9-19(27)23-24-20(28)17-12-25(2)18-6-4-3-5-14(17)18/h3-8,11-12H,9-10H2,1-2H3,(H,23,27)(H,24,28). The van der Waals surface area contributed by atoms with Crippen molar-refractivity contribution in [3.8, 4) is 0 Å². The van der Waals surface area contributed by atoms with Crippen LogP contribution in [0.5, 0.6) is 0 Å². The van der Waals surface area contributed by atoms with E-state index in [0.717, 1.165) is 21.4 Å². The number of fused-ring (bicyclic) bond motifs is 2. The molecular weight excluding hydrogens is 384 g/mol. The molecule has 4 amide bonds. The van der Waals surface area contributed by atoms with Gasteiger partial charge < -0.3 is 4.57 Å². The van der Waals surface area contributed by atoms with Crippen molar-refractivity contribution in [3.63, 3.8) is 0 Å². The second-order valence-electron chi connectivity index (χ2n) is 7.23. The fraction of sp³-hybridized carbons (Fsp3) is 0.182. The van der Waals surface area contributed by atoms with Gasteiger partial charge in [0.15, 0.2) is 0 Å². The third-order valence-electron chi connectivity index (χ3n) is 5.15. The number of amides is 4. The van der Waals surface area contributed by atoms with Gasteiger partial charge in [-0.15, -0.1) is 0 Å². The summed E-state index contributed by atoms with van der Waals surface area (Å²) < 4.78 is 1.83. The summed E-state index contributed by atoms with van der Waals surface area (Å²) in [6, 6.07) is 12.5. The Morgan fingerprint density at radius 3 is 2.50 bits per heavy atom. The van der Waals surface area contributed by atoms with Crippen molar-refractivity contribution in [1.29, 1.82) is 0 Å². The van der Waals surface area contributed by atoms with Crippen LogP contribution in [0.4, 0.5) is 0 Å². The van der Waals surface area contributed by atoms with E-state index in [4.69, 9.17) is 0 Å². The summed E-state index contributed by atoms with van der Waals surface area (Å²) in [4.78, 5) is 50.5. The van der Waals surface area contributed by atoms with Gasteiger partial charge in [-0.05, 0) is 25.1 Å². The quantitative estimate of drug-likeness (QED) is 0.513. The Labute approximate surface area is 172 Å². The van der Waals surface area contributed by atoms with Crippen LogP contribution in [0.25, 0.3) is 10.9 Å². The zero-order chi connectivity index (χ0) is 21.4. The third-order valence-corrected chi connectivity index (χ3v) is 5.15. The minimum absolute atomic E-state index is 0.0681. The number of nitrogens with one attached hydrogen (secondary N) is 2. The van der Waals surface area contributed by atoms with Crippen molar-refractivity contribution >= 4 is 34.5 Å². The predicted octanol–water partition coefficient (Wildman–Crippen LogP) is 1.93. The first-order valence-corrected chi connectivity index (χ1v) is 9.47. The molecule has 8 heteroatoms. The number of rotatable bonds is 4. The molecule has 8 nitrogen and oxygen atoms in total. The molecule has 3 aromatic rings.